The van der Waals surface area contributed by atoms with Gasteiger partial charge in [0.15, 0.2) is 5.11 Å². The lowest BCUT2D eigenvalue weighted by Gasteiger charge is -2.26. The fourth-order valence-electron chi connectivity index (χ4n) is 4.87. The zero-order valence-corrected chi connectivity index (χ0v) is 24.5. The Bertz CT molecular complexity index is 1830. The lowest BCUT2D eigenvalue weighted by molar-refractivity contribution is -0.384. The molecule has 2 atom stereocenters. The molecular weight excluding hydrogens is 608 g/mol. The molecule has 0 bridgehead atoms. The molecule has 0 amide bonds. The summed E-state index contributed by atoms with van der Waals surface area (Å²) in [6, 6.07) is 27.2. The van der Waals surface area contributed by atoms with Crippen molar-refractivity contribution < 1.29 is 19.2 Å². The number of anilines is 1. The lowest BCUT2D eigenvalue weighted by Crippen LogP contribution is -2.29. The van der Waals surface area contributed by atoms with Crippen LogP contribution in [0.5, 0.6) is 0 Å². The average molecular weight is 629 g/mol. The van der Waals surface area contributed by atoms with Crippen LogP contribution in [0.4, 0.5) is 11.4 Å². The number of nitro benzene ring substituents is 1. The van der Waals surface area contributed by atoms with Crippen molar-refractivity contribution in [2.45, 2.75) is 21.9 Å². The van der Waals surface area contributed by atoms with E-state index in [2.05, 4.69) is 10.3 Å². The van der Waals surface area contributed by atoms with E-state index < -0.39 is 16.9 Å². The maximum absolute atomic E-state index is 11.6. The molecular formula is C31H21ClN4O5S2. The van der Waals surface area contributed by atoms with Crippen molar-refractivity contribution in [2.75, 3.05) is 4.90 Å². The van der Waals surface area contributed by atoms with Gasteiger partial charge in [-0.05, 0) is 91.1 Å². The third-order valence-corrected chi connectivity index (χ3v) is 8.55. The summed E-state index contributed by atoms with van der Waals surface area (Å²) >= 11 is 13.7. The average Bonchev–Trinajstić information content (AvgIpc) is 3.63. The number of nitrogens with zero attached hydrogens (tertiary/aromatic N) is 3. The predicted octanol–water partition coefficient (Wildman–Crippen LogP) is 7.93. The van der Waals surface area contributed by atoms with Crippen LogP contribution in [0.3, 0.4) is 0 Å². The van der Waals surface area contributed by atoms with Gasteiger partial charge in [0.05, 0.1) is 27.2 Å². The summed E-state index contributed by atoms with van der Waals surface area (Å²) in [5.41, 5.74) is 2.20. The molecule has 0 unspecified atom stereocenters. The highest BCUT2D eigenvalue weighted by Gasteiger charge is 2.42. The first-order chi connectivity index (χ1) is 20.8. The summed E-state index contributed by atoms with van der Waals surface area (Å²) in [7, 11) is 0. The smallest absolute Gasteiger partial charge is 0.335 e. The largest absolute Gasteiger partial charge is 0.478 e. The number of aromatic nitrogens is 1. The number of hydrogen-bond acceptors (Lipinski definition) is 7. The van der Waals surface area contributed by atoms with Gasteiger partial charge in [-0.3, -0.25) is 15.1 Å². The third kappa shape index (κ3) is 5.82. The van der Waals surface area contributed by atoms with E-state index in [1.54, 1.807) is 24.4 Å². The number of nitro groups is 1. The number of benzene rings is 3. The molecule has 1 aliphatic rings. The van der Waals surface area contributed by atoms with Crippen molar-refractivity contribution in [3.63, 3.8) is 0 Å². The first-order valence-electron chi connectivity index (χ1n) is 12.9. The van der Waals surface area contributed by atoms with Crippen LogP contribution in [0.25, 0.3) is 11.3 Å². The lowest BCUT2D eigenvalue weighted by atomic mass is 10.0. The zero-order valence-electron chi connectivity index (χ0n) is 22.1. The number of pyridine rings is 1. The molecule has 12 heteroatoms. The second-order valence-corrected chi connectivity index (χ2v) is 11.5. The number of thiocarbonyl (C=S) groups is 1. The standard InChI is InChI=1S/C31H21ClN4O5S2/c32-24-13-4-18(30(37)38)17-23(24)26-14-15-27(41-26)29-28(25-3-1-2-16-33-25)34-31(42)35(29)19-5-9-21(10-6-19)43-22-11-7-20(8-12-22)36(39)40/h1-17,28-29H,(H,34,42)(H,37,38)/t28-,29-/m1/s1. The Hall–Kier alpha value is -4.71. The molecule has 2 N–H and O–H groups in total. The molecule has 1 aliphatic heterocycles. The summed E-state index contributed by atoms with van der Waals surface area (Å²) in [6.45, 7) is 0. The fourth-order valence-corrected chi connectivity index (χ4v) is 6.25. The van der Waals surface area contributed by atoms with Crippen molar-refractivity contribution in [1.29, 1.82) is 0 Å². The summed E-state index contributed by atoms with van der Waals surface area (Å²) in [5, 5.41) is 24.7. The first-order valence-corrected chi connectivity index (χ1v) is 14.5. The van der Waals surface area contributed by atoms with Crippen LogP contribution in [-0.2, 0) is 0 Å². The van der Waals surface area contributed by atoms with E-state index in [-0.39, 0.29) is 17.3 Å². The fraction of sp³-hybridized carbons (Fsp3) is 0.0645. The van der Waals surface area contributed by atoms with Crippen LogP contribution in [0.15, 0.2) is 117 Å². The van der Waals surface area contributed by atoms with E-state index in [0.29, 0.717) is 27.2 Å². The van der Waals surface area contributed by atoms with Crippen molar-refractivity contribution in [2.24, 2.45) is 0 Å². The topological polar surface area (TPSA) is 122 Å². The minimum Gasteiger partial charge on any atom is -0.478 e. The van der Waals surface area contributed by atoms with E-state index >= 15 is 0 Å². The molecule has 43 heavy (non-hydrogen) atoms. The number of furan rings is 1. The molecule has 0 spiro atoms. The molecule has 2 aromatic heterocycles. The molecule has 1 saturated heterocycles. The van der Waals surface area contributed by atoms with E-state index in [1.807, 2.05) is 53.4 Å². The van der Waals surface area contributed by atoms with E-state index in [1.165, 1.54) is 42.1 Å². The van der Waals surface area contributed by atoms with Gasteiger partial charge in [-0.2, -0.15) is 0 Å². The number of aromatic carboxylic acids is 1. The van der Waals surface area contributed by atoms with Crippen molar-refractivity contribution in [3.8, 4) is 11.3 Å². The number of rotatable bonds is 8. The minimum absolute atomic E-state index is 0.0428. The van der Waals surface area contributed by atoms with Crippen LogP contribution >= 0.6 is 35.6 Å². The highest BCUT2D eigenvalue weighted by atomic mass is 35.5. The summed E-state index contributed by atoms with van der Waals surface area (Å²) in [5.74, 6) is -0.0544. The third-order valence-electron chi connectivity index (χ3n) is 6.89. The molecule has 1 fully saturated rings. The second kappa shape index (κ2) is 11.9. The number of carbonyl (C=O) groups is 1. The van der Waals surface area contributed by atoms with Crippen LogP contribution in [0.2, 0.25) is 5.02 Å². The Morgan fingerprint density at radius 1 is 1.02 bits per heavy atom. The van der Waals surface area contributed by atoms with Gasteiger partial charge in [-0.15, -0.1) is 0 Å². The SMILES string of the molecule is O=C(O)c1ccc(Cl)c(-c2ccc([C@@H]3[C@@H](c4ccccn4)NC(=S)N3c3ccc(Sc4ccc([N+](=O)[O-])cc4)cc3)o2)c1. The molecule has 214 valence electrons. The van der Waals surface area contributed by atoms with Gasteiger partial charge in [0.2, 0.25) is 0 Å². The Morgan fingerprint density at radius 2 is 1.74 bits per heavy atom. The molecule has 3 heterocycles. The normalized spacial score (nSPS) is 16.2. The number of non-ortho nitro benzene ring substituents is 1. The summed E-state index contributed by atoms with van der Waals surface area (Å²) in [6.07, 6.45) is 1.72. The molecule has 0 aliphatic carbocycles. The summed E-state index contributed by atoms with van der Waals surface area (Å²) < 4.78 is 6.35. The van der Waals surface area contributed by atoms with E-state index in [4.69, 9.17) is 28.2 Å². The Kier molecular flexibility index (Phi) is 7.85. The van der Waals surface area contributed by atoms with Crippen LogP contribution in [0, 0.1) is 10.1 Å². The van der Waals surface area contributed by atoms with Crippen LogP contribution < -0.4 is 10.2 Å². The van der Waals surface area contributed by atoms with Crippen molar-refractivity contribution in [3.05, 3.63) is 135 Å². The summed E-state index contributed by atoms with van der Waals surface area (Å²) in [4.78, 5) is 30.5. The molecule has 0 saturated carbocycles. The zero-order chi connectivity index (χ0) is 30.1. The molecule has 6 rings (SSSR count). The van der Waals surface area contributed by atoms with Gasteiger partial charge in [-0.25, -0.2) is 4.79 Å². The Morgan fingerprint density at radius 3 is 2.40 bits per heavy atom. The second-order valence-electron chi connectivity index (χ2n) is 9.55. The van der Waals surface area contributed by atoms with Crippen LogP contribution in [-0.4, -0.2) is 26.1 Å². The van der Waals surface area contributed by atoms with Gasteiger partial charge in [-0.1, -0.05) is 29.4 Å². The van der Waals surface area contributed by atoms with Crippen LogP contribution in [0.1, 0.15) is 33.9 Å². The quantitative estimate of drug-likeness (QED) is 0.0995. The highest BCUT2D eigenvalue weighted by Crippen LogP contribution is 2.44. The molecule has 5 aromatic rings. The molecule has 0 radical (unpaired) electrons. The number of carboxylic acids is 1. The number of carboxylic acid groups (broad SMARTS) is 1. The van der Waals surface area contributed by atoms with Gasteiger partial charge in [0, 0.05) is 39.4 Å². The first kappa shape index (κ1) is 28.4. The van der Waals surface area contributed by atoms with E-state index in [9.17, 15) is 20.0 Å². The van der Waals surface area contributed by atoms with Crippen molar-refractivity contribution in [1.82, 2.24) is 10.3 Å². The maximum atomic E-state index is 11.6. The van der Waals surface area contributed by atoms with Gasteiger partial charge in [0.25, 0.3) is 5.69 Å². The maximum Gasteiger partial charge on any atom is 0.335 e. The number of halogens is 1. The number of hydrogen-bond donors (Lipinski definition) is 2. The van der Waals surface area contributed by atoms with Crippen molar-refractivity contribution >= 4 is 58.0 Å². The van der Waals surface area contributed by atoms with Gasteiger partial charge < -0.3 is 19.7 Å². The van der Waals surface area contributed by atoms with Gasteiger partial charge >= 0.3 is 5.97 Å². The predicted molar refractivity (Wildman–Crippen MR) is 168 cm³/mol. The monoisotopic (exact) mass is 628 g/mol. The number of nitrogens with one attached hydrogen (secondary N) is 1. The Balaban J connectivity index is 1.34. The van der Waals surface area contributed by atoms with E-state index in [0.717, 1.165) is 21.2 Å². The molecule has 3 aromatic carbocycles. The molecule has 9 nitrogen and oxygen atoms in total. The van der Waals surface area contributed by atoms with Gasteiger partial charge in [0.1, 0.15) is 17.6 Å². The Labute approximate surface area is 260 Å². The highest BCUT2D eigenvalue weighted by molar-refractivity contribution is 7.99. The minimum atomic E-state index is -1.06.